The van der Waals surface area contributed by atoms with Gasteiger partial charge in [0.15, 0.2) is 17.2 Å². The van der Waals surface area contributed by atoms with Crippen LogP contribution in [0.2, 0.25) is 0 Å². The van der Waals surface area contributed by atoms with E-state index in [0.717, 1.165) is 40.8 Å². The molecule has 0 spiro atoms. The predicted octanol–water partition coefficient (Wildman–Crippen LogP) is 4.78. The van der Waals surface area contributed by atoms with Gasteiger partial charge < -0.3 is 23.7 Å². The Balaban J connectivity index is 1.38. The summed E-state index contributed by atoms with van der Waals surface area (Å²) in [5, 5.41) is 8.69. The molecule has 0 radical (unpaired) electrons. The minimum atomic E-state index is -0.253. The summed E-state index contributed by atoms with van der Waals surface area (Å²) in [6, 6.07) is 7.17. The summed E-state index contributed by atoms with van der Waals surface area (Å²) in [7, 11) is 6.23. The molecule has 0 N–H and O–H groups in total. The Bertz CT molecular complexity index is 1590. The van der Waals surface area contributed by atoms with Crippen molar-refractivity contribution in [1.29, 1.82) is 0 Å². The van der Waals surface area contributed by atoms with Gasteiger partial charge in [-0.3, -0.25) is 14.3 Å². The molecule has 10 nitrogen and oxygen atoms in total. The van der Waals surface area contributed by atoms with Crippen LogP contribution in [-0.2, 0) is 28.9 Å². The highest BCUT2D eigenvalue weighted by molar-refractivity contribution is 5.83. The Morgan fingerprint density at radius 1 is 1.00 bits per heavy atom. The van der Waals surface area contributed by atoms with Crippen LogP contribution in [0, 0.1) is 0 Å². The first-order valence-corrected chi connectivity index (χ1v) is 14.0. The zero-order chi connectivity index (χ0) is 29.6. The molecule has 5 rings (SSSR count). The molecule has 42 heavy (non-hydrogen) atoms. The van der Waals surface area contributed by atoms with Crippen LogP contribution >= 0.6 is 0 Å². The minimum absolute atomic E-state index is 0.0959. The molecule has 220 valence electrons. The maximum Gasteiger partial charge on any atom is 0.311 e. The summed E-state index contributed by atoms with van der Waals surface area (Å²) in [5.74, 6) is 2.12. The maximum absolute atomic E-state index is 13.0. The number of aromatic nitrogens is 3. The number of hydrogen-bond acceptors (Lipinski definition) is 9. The number of fused-ring (bicyclic) bond motifs is 3. The van der Waals surface area contributed by atoms with Gasteiger partial charge in [-0.1, -0.05) is 17.4 Å². The van der Waals surface area contributed by atoms with Crippen LogP contribution in [0.25, 0.3) is 11.1 Å². The Hall–Kier alpha value is -4.60. The van der Waals surface area contributed by atoms with E-state index in [9.17, 15) is 9.59 Å². The second-order valence-electron chi connectivity index (χ2n) is 10.2. The highest BCUT2D eigenvalue weighted by atomic mass is 16.5. The van der Waals surface area contributed by atoms with E-state index < -0.39 is 0 Å². The van der Waals surface area contributed by atoms with Crippen molar-refractivity contribution >= 4 is 5.97 Å². The largest absolute Gasteiger partial charge is 0.493 e. The summed E-state index contributed by atoms with van der Waals surface area (Å²) in [6.07, 6.45) is 11.6. The quantitative estimate of drug-likeness (QED) is 0.299. The molecule has 1 heterocycles. The number of esters is 1. The van der Waals surface area contributed by atoms with E-state index in [0.29, 0.717) is 55.2 Å². The number of carbonyl (C=O) groups is 1. The third-order valence-electron chi connectivity index (χ3n) is 7.55. The summed E-state index contributed by atoms with van der Waals surface area (Å²) in [4.78, 5) is 25.3. The first kappa shape index (κ1) is 28.9. The van der Waals surface area contributed by atoms with E-state index in [1.807, 2.05) is 36.6 Å². The lowest BCUT2D eigenvalue weighted by Crippen LogP contribution is -2.19. The van der Waals surface area contributed by atoms with Gasteiger partial charge in [0.1, 0.15) is 5.76 Å². The fourth-order valence-corrected chi connectivity index (χ4v) is 5.59. The van der Waals surface area contributed by atoms with Crippen LogP contribution in [0.4, 0.5) is 0 Å². The molecular weight excluding hydrogens is 538 g/mol. The highest BCUT2D eigenvalue weighted by Gasteiger charge is 2.31. The zero-order valence-corrected chi connectivity index (χ0v) is 24.3. The lowest BCUT2D eigenvalue weighted by Gasteiger charge is -2.29. The number of aryl methyl sites for hydroxylation is 1. The smallest absolute Gasteiger partial charge is 0.311 e. The topological polar surface area (TPSA) is 111 Å². The molecule has 2 aliphatic carbocycles. The predicted molar refractivity (Wildman–Crippen MR) is 156 cm³/mol. The number of ether oxygens (including phenoxy) is 5. The van der Waals surface area contributed by atoms with Crippen LogP contribution in [0.15, 0.2) is 59.2 Å². The molecule has 0 saturated heterocycles. The van der Waals surface area contributed by atoms with Gasteiger partial charge in [-0.25, -0.2) is 0 Å². The summed E-state index contributed by atoms with van der Waals surface area (Å²) in [6.45, 7) is 0.490. The fourth-order valence-electron chi connectivity index (χ4n) is 5.59. The maximum atomic E-state index is 13.0. The number of rotatable bonds is 11. The normalized spacial score (nSPS) is 15.2. The number of carbonyl (C=O) groups excluding carboxylic acids is 1. The van der Waals surface area contributed by atoms with Gasteiger partial charge in [-0.05, 0) is 79.1 Å². The van der Waals surface area contributed by atoms with Crippen LogP contribution in [0.5, 0.6) is 23.0 Å². The molecule has 0 aliphatic heterocycles. The Morgan fingerprint density at radius 3 is 2.52 bits per heavy atom. The number of benzene rings is 1. The second-order valence-corrected chi connectivity index (χ2v) is 10.2. The van der Waals surface area contributed by atoms with Gasteiger partial charge in [0.05, 0.1) is 34.1 Å². The Labute approximate surface area is 244 Å². The van der Waals surface area contributed by atoms with Gasteiger partial charge in [0.25, 0.3) is 0 Å². The molecule has 0 fully saturated rings. The second kappa shape index (κ2) is 12.9. The van der Waals surface area contributed by atoms with E-state index in [1.54, 1.807) is 38.1 Å². The standard InChI is InChI=1S/C32H35N3O7/c1-38-27-14-13-24-25(17-26(27)36)21(15-20-16-28(39-2)31(40-3)32(41-4)30(20)24)18-35-19-22(33-34-35)9-8-12-29(37)42-23-10-6-5-7-11-23/h6,10-11,13-14,16-17,19,21H,5,7-9,12,15,18H2,1-4H3/t21-/m1/s1. The molecule has 0 amide bonds. The van der Waals surface area contributed by atoms with E-state index in [-0.39, 0.29) is 23.1 Å². The number of nitrogens with zero attached hydrogens (tertiary/aromatic N) is 3. The van der Waals surface area contributed by atoms with Gasteiger partial charge >= 0.3 is 5.97 Å². The molecule has 0 saturated carbocycles. The lowest BCUT2D eigenvalue weighted by atomic mass is 9.79. The van der Waals surface area contributed by atoms with Crippen molar-refractivity contribution in [3.05, 3.63) is 81.5 Å². The molecule has 1 aromatic heterocycles. The van der Waals surface area contributed by atoms with E-state index in [2.05, 4.69) is 10.3 Å². The van der Waals surface area contributed by atoms with E-state index in [4.69, 9.17) is 23.7 Å². The number of allylic oxidation sites excluding steroid dienone is 3. The number of methoxy groups -OCH3 is 4. The van der Waals surface area contributed by atoms with Crippen molar-refractivity contribution in [2.75, 3.05) is 28.4 Å². The zero-order valence-electron chi connectivity index (χ0n) is 24.3. The third-order valence-corrected chi connectivity index (χ3v) is 7.55. The molecule has 2 aromatic carbocycles. The van der Waals surface area contributed by atoms with Crippen LogP contribution in [0.3, 0.4) is 0 Å². The van der Waals surface area contributed by atoms with Crippen LogP contribution in [-0.4, -0.2) is 49.4 Å². The van der Waals surface area contributed by atoms with Crippen molar-refractivity contribution < 1.29 is 28.5 Å². The van der Waals surface area contributed by atoms with Crippen LogP contribution < -0.4 is 24.4 Å². The van der Waals surface area contributed by atoms with Crippen molar-refractivity contribution in [1.82, 2.24) is 15.0 Å². The summed E-state index contributed by atoms with van der Waals surface area (Å²) >= 11 is 0. The molecule has 2 aliphatic rings. The highest BCUT2D eigenvalue weighted by Crippen LogP contribution is 2.51. The monoisotopic (exact) mass is 573 g/mol. The molecule has 3 aromatic rings. The van der Waals surface area contributed by atoms with Crippen molar-refractivity contribution in [2.45, 2.75) is 51.0 Å². The SMILES string of the molecule is COc1cc2c(c(OC)c1OC)-c1ccc(OC)c(=O)cc1[C@@H](Cn1cc(CCCC(=O)OC3=CCCC=C3)nn1)C2. The van der Waals surface area contributed by atoms with Crippen molar-refractivity contribution in [3.8, 4) is 34.1 Å². The van der Waals surface area contributed by atoms with Crippen molar-refractivity contribution in [2.24, 2.45) is 0 Å². The first-order valence-electron chi connectivity index (χ1n) is 14.0. The van der Waals surface area contributed by atoms with Crippen LogP contribution in [0.1, 0.15) is 48.4 Å². The van der Waals surface area contributed by atoms with Gasteiger partial charge in [-0.2, -0.15) is 0 Å². The third kappa shape index (κ3) is 6.02. The van der Waals surface area contributed by atoms with Gasteiger partial charge in [0.2, 0.25) is 11.2 Å². The van der Waals surface area contributed by atoms with E-state index >= 15 is 0 Å². The van der Waals surface area contributed by atoms with E-state index in [1.165, 1.54) is 7.11 Å². The van der Waals surface area contributed by atoms with Gasteiger partial charge in [-0.15, -0.1) is 5.10 Å². The first-order chi connectivity index (χ1) is 20.4. The summed E-state index contributed by atoms with van der Waals surface area (Å²) < 4.78 is 29.6. The fraction of sp³-hybridized carbons (Fsp3) is 0.375. The average molecular weight is 574 g/mol. The average Bonchev–Trinajstić information content (AvgIpc) is 3.36. The lowest BCUT2D eigenvalue weighted by molar-refractivity contribution is -0.139. The Morgan fingerprint density at radius 2 is 1.81 bits per heavy atom. The summed E-state index contributed by atoms with van der Waals surface area (Å²) in [5.41, 5.74) is 4.13. The van der Waals surface area contributed by atoms with Crippen molar-refractivity contribution in [3.63, 3.8) is 0 Å². The molecular formula is C32H35N3O7. The molecule has 0 bridgehead atoms. The Kier molecular flexibility index (Phi) is 8.90. The minimum Gasteiger partial charge on any atom is -0.493 e. The molecule has 0 unspecified atom stereocenters. The van der Waals surface area contributed by atoms with Gasteiger partial charge in [0, 0.05) is 30.6 Å². The number of hydrogen-bond donors (Lipinski definition) is 0. The molecule has 10 heteroatoms. The molecule has 1 atom stereocenters.